The van der Waals surface area contributed by atoms with Crippen LogP contribution in [0.2, 0.25) is 0 Å². The summed E-state index contributed by atoms with van der Waals surface area (Å²) in [5.74, 6) is -0.304. The van der Waals surface area contributed by atoms with Gasteiger partial charge in [-0.15, -0.1) is 0 Å². The third-order valence-corrected chi connectivity index (χ3v) is 3.22. The lowest BCUT2D eigenvalue weighted by atomic mass is 10.1. The highest BCUT2D eigenvalue weighted by atomic mass is 19.1. The smallest absolute Gasteiger partial charge is 0.130 e. The number of nitrogen functional groups attached to an aromatic ring is 1. The van der Waals surface area contributed by atoms with Gasteiger partial charge in [-0.2, -0.15) is 5.10 Å². The third-order valence-electron chi connectivity index (χ3n) is 3.22. The molecule has 3 rings (SSSR count). The molecule has 0 spiro atoms. The van der Waals surface area contributed by atoms with Crippen LogP contribution in [-0.2, 0) is 6.54 Å². The first-order valence-corrected chi connectivity index (χ1v) is 6.35. The zero-order chi connectivity index (χ0) is 13.9. The Morgan fingerprint density at radius 2 is 1.80 bits per heavy atom. The molecule has 0 aliphatic carbocycles. The van der Waals surface area contributed by atoms with E-state index in [0.29, 0.717) is 17.8 Å². The maximum Gasteiger partial charge on any atom is 0.130 e. The molecule has 0 atom stereocenters. The van der Waals surface area contributed by atoms with Gasteiger partial charge in [0.15, 0.2) is 0 Å². The molecule has 3 nitrogen and oxygen atoms in total. The average molecular weight is 267 g/mol. The van der Waals surface area contributed by atoms with E-state index in [9.17, 15) is 4.39 Å². The van der Waals surface area contributed by atoms with Gasteiger partial charge >= 0.3 is 0 Å². The highest BCUT2D eigenvalue weighted by Crippen LogP contribution is 2.20. The predicted octanol–water partition coefficient (Wildman–Crippen LogP) is 3.32. The minimum Gasteiger partial charge on any atom is -0.398 e. The van der Waals surface area contributed by atoms with E-state index in [-0.39, 0.29) is 5.82 Å². The predicted molar refractivity (Wildman–Crippen MR) is 77.6 cm³/mol. The zero-order valence-electron chi connectivity index (χ0n) is 10.8. The third kappa shape index (κ3) is 2.40. The van der Waals surface area contributed by atoms with Crippen molar-refractivity contribution in [2.24, 2.45) is 0 Å². The summed E-state index contributed by atoms with van der Waals surface area (Å²) < 4.78 is 15.4. The van der Waals surface area contributed by atoms with Gasteiger partial charge in [0.2, 0.25) is 0 Å². The Morgan fingerprint density at radius 3 is 2.55 bits per heavy atom. The van der Waals surface area contributed by atoms with E-state index < -0.39 is 0 Å². The molecule has 0 bridgehead atoms. The van der Waals surface area contributed by atoms with E-state index >= 15 is 0 Å². The summed E-state index contributed by atoms with van der Waals surface area (Å²) in [6.45, 7) is 0.325. The molecular weight excluding hydrogens is 253 g/mol. The summed E-state index contributed by atoms with van der Waals surface area (Å²) in [6, 6.07) is 14.6. The molecule has 1 aromatic heterocycles. The van der Waals surface area contributed by atoms with Crippen LogP contribution < -0.4 is 5.73 Å². The van der Waals surface area contributed by atoms with E-state index in [1.54, 1.807) is 23.0 Å². The fourth-order valence-corrected chi connectivity index (χ4v) is 2.13. The molecule has 1 heterocycles. The first-order valence-electron chi connectivity index (χ1n) is 6.35. The van der Waals surface area contributed by atoms with Gasteiger partial charge in [-0.1, -0.05) is 36.4 Å². The number of benzene rings is 2. The van der Waals surface area contributed by atoms with Crippen LogP contribution in [0.4, 0.5) is 10.1 Å². The van der Waals surface area contributed by atoms with Crippen LogP contribution in [0.25, 0.3) is 11.1 Å². The van der Waals surface area contributed by atoms with E-state index in [4.69, 9.17) is 5.73 Å². The Morgan fingerprint density at radius 1 is 1.00 bits per heavy atom. The van der Waals surface area contributed by atoms with Crippen LogP contribution in [-0.4, -0.2) is 9.78 Å². The Hall–Kier alpha value is -2.62. The van der Waals surface area contributed by atoms with Gasteiger partial charge in [-0.05, 0) is 17.7 Å². The van der Waals surface area contributed by atoms with Crippen LogP contribution in [0, 0.1) is 5.82 Å². The molecule has 4 heteroatoms. The van der Waals surface area contributed by atoms with E-state index in [0.717, 1.165) is 11.1 Å². The maximum atomic E-state index is 13.7. The summed E-state index contributed by atoms with van der Waals surface area (Å²) in [5, 5.41) is 4.26. The second kappa shape index (κ2) is 5.17. The van der Waals surface area contributed by atoms with Gasteiger partial charge in [0.1, 0.15) is 5.82 Å². The Balaban J connectivity index is 1.88. The number of aromatic nitrogens is 2. The van der Waals surface area contributed by atoms with Gasteiger partial charge in [0.25, 0.3) is 0 Å². The standard InChI is InChI=1S/C16H14FN3/c17-15-7-4-8-16(18)14(15)11-20-10-13(9-19-20)12-5-2-1-3-6-12/h1-10H,11,18H2. The average Bonchev–Trinajstić information content (AvgIpc) is 2.93. The first-order chi connectivity index (χ1) is 9.74. The molecule has 0 saturated heterocycles. The molecule has 0 aliphatic heterocycles. The van der Waals surface area contributed by atoms with Crippen molar-refractivity contribution in [3.05, 3.63) is 72.3 Å². The highest BCUT2D eigenvalue weighted by Gasteiger charge is 2.08. The molecule has 0 unspecified atom stereocenters. The number of nitrogens with two attached hydrogens (primary N) is 1. The number of halogens is 1. The molecule has 2 N–H and O–H groups in total. The number of rotatable bonds is 3. The van der Waals surface area contributed by atoms with E-state index in [1.807, 2.05) is 36.5 Å². The molecule has 0 aliphatic rings. The summed E-state index contributed by atoms with van der Waals surface area (Å²) >= 11 is 0. The van der Waals surface area contributed by atoms with Crippen molar-refractivity contribution in [3.63, 3.8) is 0 Å². The van der Waals surface area contributed by atoms with Crippen LogP contribution in [0.5, 0.6) is 0 Å². The Bertz CT molecular complexity index is 699. The molecule has 100 valence electrons. The minimum atomic E-state index is -0.304. The van der Waals surface area contributed by atoms with Crippen molar-refractivity contribution < 1.29 is 4.39 Å². The SMILES string of the molecule is Nc1cccc(F)c1Cn1cc(-c2ccccc2)cn1. The summed E-state index contributed by atoms with van der Waals surface area (Å²) in [4.78, 5) is 0. The second-order valence-corrected chi connectivity index (χ2v) is 4.60. The lowest BCUT2D eigenvalue weighted by Crippen LogP contribution is -2.05. The Labute approximate surface area is 116 Å². The molecule has 2 aromatic carbocycles. The van der Waals surface area contributed by atoms with Gasteiger partial charge in [0.05, 0.1) is 12.7 Å². The minimum absolute atomic E-state index is 0.304. The first kappa shape index (κ1) is 12.4. The largest absolute Gasteiger partial charge is 0.398 e. The van der Waals surface area contributed by atoms with Crippen LogP contribution in [0.15, 0.2) is 60.9 Å². The van der Waals surface area contributed by atoms with E-state index in [1.165, 1.54) is 6.07 Å². The second-order valence-electron chi connectivity index (χ2n) is 4.60. The van der Waals surface area contributed by atoms with Crippen molar-refractivity contribution in [2.75, 3.05) is 5.73 Å². The quantitative estimate of drug-likeness (QED) is 0.740. The molecule has 20 heavy (non-hydrogen) atoms. The molecule has 0 radical (unpaired) electrons. The molecule has 0 fully saturated rings. The summed E-state index contributed by atoms with van der Waals surface area (Å²) in [7, 11) is 0. The lowest BCUT2D eigenvalue weighted by molar-refractivity contribution is 0.587. The van der Waals surface area contributed by atoms with Crippen molar-refractivity contribution >= 4 is 5.69 Å². The van der Waals surface area contributed by atoms with Crippen molar-refractivity contribution in [2.45, 2.75) is 6.54 Å². The van der Waals surface area contributed by atoms with Crippen molar-refractivity contribution in [1.29, 1.82) is 0 Å². The van der Waals surface area contributed by atoms with E-state index in [2.05, 4.69) is 5.10 Å². The van der Waals surface area contributed by atoms with Gasteiger partial charge < -0.3 is 5.73 Å². The highest BCUT2D eigenvalue weighted by molar-refractivity contribution is 5.61. The van der Waals surface area contributed by atoms with Crippen LogP contribution in [0.3, 0.4) is 0 Å². The van der Waals surface area contributed by atoms with Gasteiger partial charge in [-0.25, -0.2) is 4.39 Å². The Kier molecular flexibility index (Phi) is 3.21. The number of hydrogen-bond acceptors (Lipinski definition) is 2. The topological polar surface area (TPSA) is 43.8 Å². The fourth-order valence-electron chi connectivity index (χ4n) is 2.13. The zero-order valence-corrected chi connectivity index (χ0v) is 10.8. The summed E-state index contributed by atoms with van der Waals surface area (Å²) in [5.41, 5.74) is 8.80. The number of nitrogens with zero attached hydrogens (tertiary/aromatic N) is 2. The molecule has 3 aromatic rings. The van der Waals surface area contributed by atoms with Crippen molar-refractivity contribution in [1.82, 2.24) is 9.78 Å². The number of anilines is 1. The monoisotopic (exact) mass is 267 g/mol. The van der Waals surface area contributed by atoms with Gasteiger partial charge in [0, 0.05) is 23.0 Å². The normalized spacial score (nSPS) is 10.7. The van der Waals surface area contributed by atoms with Crippen LogP contribution >= 0.6 is 0 Å². The molecule has 0 saturated carbocycles. The molecular formula is C16H14FN3. The fraction of sp³-hybridized carbons (Fsp3) is 0.0625. The van der Waals surface area contributed by atoms with Gasteiger partial charge in [-0.3, -0.25) is 4.68 Å². The summed E-state index contributed by atoms with van der Waals surface area (Å²) in [6.07, 6.45) is 3.66. The maximum absolute atomic E-state index is 13.7. The molecule has 0 amide bonds. The number of hydrogen-bond donors (Lipinski definition) is 1. The van der Waals surface area contributed by atoms with Crippen molar-refractivity contribution in [3.8, 4) is 11.1 Å². The lowest BCUT2D eigenvalue weighted by Gasteiger charge is -2.06. The van der Waals surface area contributed by atoms with Crippen LogP contribution in [0.1, 0.15) is 5.56 Å².